The first kappa shape index (κ1) is 21.9. The largest absolute Gasteiger partial charge is 0.433 e. The van der Waals surface area contributed by atoms with Gasteiger partial charge in [-0.3, -0.25) is 0 Å². The molecule has 0 amide bonds. The van der Waals surface area contributed by atoms with Gasteiger partial charge in [-0.15, -0.1) is 0 Å². The van der Waals surface area contributed by atoms with Crippen LogP contribution in [0.3, 0.4) is 0 Å². The zero-order chi connectivity index (χ0) is 22.8. The first-order valence-corrected chi connectivity index (χ1v) is 10.3. The van der Waals surface area contributed by atoms with E-state index in [9.17, 15) is 18.3 Å². The van der Waals surface area contributed by atoms with E-state index in [0.29, 0.717) is 11.6 Å². The van der Waals surface area contributed by atoms with Crippen molar-refractivity contribution in [3.8, 4) is 11.1 Å². The third kappa shape index (κ3) is 4.80. The Bertz CT molecular complexity index is 1080. The molecule has 0 saturated heterocycles. The Balaban J connectivity index is 1.54. The summed E-state index contributed by atoms with van der Waals surface area (Å²) in [5, 5.41) is 15.9. The second kappa shape index (κ2) is 8.70. The molecular weight excluding hydrogens is 421 g/mol. The Morgan fingerprint density at radius 1 is 1.00 bits per heavy atom. The molecule has 4 rings (SSSR count). The number of nitrogens with one attached hydrogen (secondary N) is 2. The average molecular weight is 444 g/mol. The molecular formula is C22H23F3N6O. The topological polar surface area (TPSA) is 95.9 Å². The lowest BCUT2D eigenvalue weighted by Crippen LogP contribution is -2.39. The van der Waals surface area contributed by atoms with Gasteiger partial charge in [-0.05, 0) is 43.0 Å². The molecule has 2 heterocycles. The van der Waals surface area contributed by atoms with Gasteiger partial charge in [0.25, 0.3) is 0 Å². The van der Waals surface area contributed by atoms with Crippen LogP contribution in [0.4, 0.5) is 30.8 Å². The van der Waals surface area contributed by atoms with Gasteiger partial charge >= 0.3 is 6.18 Å². The van der Waals surface area contributed by atoms with E-state index in [1.165, 1.54) is 0 Å². The molecule has 0 unspecified atom stereocenters. The fourth-order valence-electron chi connectivity index (χ4n) is 3.79. The van der Waals surface area contributed by atoms with Crippen molar-refractivity contribution in [2.45, 2.75) is 44.3 Å². The highest BCUT2D eigenvalue weighted by Crippen LogP contribution is 2.33. The van der Waals surface area contributed by atoms with Crippen LogP contribution in [0.15, 0.2) is 42.9 Å². The summed E-state index contributed by atoms with van der Waals surface area (Å²) in [6, 6.07) is 6.34. The van der Waals surface area contributed by atoms with Crippen LogP contribution in [-0.2, 0) is 6.18 Å². The maximum atomic E-state index is 12.9. The van der Waals surface area contributed by atoms with Gasteiger partial charge in [0.05, 0.1) is 12.1 Å². The van der Waals surface area contributed by atoms with Gasteiger partial charge in [0.2, 0.25) is 11.9 Å². The van der Waals surface area contributed by atoms with Gasteiger partial charge in [-0.2, -0.15) is 13.2 Å². The van der Waals surface area contributed by atoms with Gasteiger partial charge in [0.15, 0.2) is 0 Å². The molecule has 0 aliphatic heterocycles. The Labute approximate surface area is 183 Å². The first-order valence-electron chi connectivity index (χ1n) is 10.3. The van der Waals surface area contributed by atoms with Gasteiger partial charge in [0, 0.05) is 29.8 Å². The molecule has 0 bridgehead atoms. The van der Waals surface area contributed by atoms with Crippen molar-refractivity contribution < 1.29 is 18.3 Å². The van der Waals surface area contributed by atoms with Crippen molar-refractivity contribution in [3.05, 3.63) is 54.1 Å². The Kier molecular flexibility index (Phi) is 5.96. The highest BCUT2D eigenvalue weighted by atomic mass is 19.4. The number of benzene rings is 1. The van der Waals surface area contributed by atoms with Crippen LogP contribution in [0.2, 0.25) is 0 Å². The first-order chi connectivity index (χ1) is 15.3. The number of rotatable bonds is 6. The fourth-order valence-corrected chi connectivity index (χ4v) is 3.79. The maximum Gasteiger partial charge on any atom is 0.433 e. The Hall–Kier alpha value is -3.27. The summed E-state index contributed by atoms with van der Waals surface area (Å²) in [4.78, 5) is 16.2. The second-order valence-corrected chi connectivity index (χ2v) is 7.98. The predicted molar refractivity (Wildman–Crippen MR) is 114 cm³/mol. The zero-order valence-corrected chi connectivity index (χ0v) is 17.4. The molecule has 0 spiro atoms. The van der Waals surface area contributed by atoms with E-state index >= 15 is 0 Å². The summed E-state index contributed by atoms with van der Waals surface area (Å²) in [5.41, 5.74) is 1.55. The van der Waals surface area contributed by atoms with Crippen LogP contribution in [0.5, 0.6) is 0 Å². The van der Waals surface area contributed by atoms with Crippen LogP contribution in [0, 0.1) is 6.92 Å². The van der Waals surface area contributed by atoms with Crippen LogP contribution in [0.25, 0.3) is 11.1 Å². The third-order valence-electron chi connectivity index (χ3n) is 5.66. The Morgan fingerprint density at radius 3 is 2.38 bits per heavy atom. The zero-order valence-electron chi connectivity index (χ0n) is 17.4. The van der Waals surface area contributed by atoms with Gasteiger partial charge in [0.1, 0.15) is 5.69 Å². The summed E-state index contributed by atoms with van der Waals surface area (Å²) in [6.07, 6.45) is 3.73. The molecule has 168 valence electrons. The van der Waals surface area contributed by atoms with Crippen molar-refractivity contribution in [2.75, 3.05) is 17.2 Å². The fraction of sp³-hybridized carbons (Fsp3) is 0.364. The van der Waals surface area contributed by atoms with Crippen molar-refractivity contribution >= 4 is 17.6 Å². The van der Waals surface area contributed by atoms with E-state index in [2.05, 4.69) is 30.6 Å². The number of hydrogen-bond donors (Lipinski definition) is 3. The highest BCUT2D eigenvalue weighted by molar-refractivity contribution is 5.71. The molecule has 1 aliphatic rings. The Morgan fingerprint density at radius 2 is 1.72 bits per heavy atom. The monoisotopic (exact) mass is 444 g/mol. The van der Waals surface area contributed by atoms with Crippen molar-refractivity contribution in [2.24, 2.45) is 0 Å². The lowest BCUT2D eigenvalue weighted by molar-refractivity contribution is -0.141. The van der Waals surface area contributed by atoms with E-state index in [1.807, 2.05) is 19.1 Å². The predicted octanol–water partition coefficient (Wildman–Crippen LogP) is 4.72. The molecule has 1 aliphatic carbocycles. The summed E-state index contributed by atoms with van der Waals surface area (Å²) in [7, 11) is 0. The number of aryl methyl sites for hydroxylation is 1. The number of hydrogen-bond acceptors (Lipinski definition) is 7. The molecule has 0 radical (unpaired) electrons. The second-order valence-electron chi connectivity index (χ2n) is 7.98. The molecule has 7 nitrogen and oxygen atoms in total. The minimum Gasteiger partial charge on any atom is -0.394 e. The van der Waals surface area contributed by atoms with Crippen LogP contribution in [0.1, 0.15) is 36.9 Å². The van der Waals surface area contributed by atoms with E-state index in [0.717, 1.165) is 54.6 Å². The average Bonchev–Trinajstić information content (AvgIpc) is 3.24. The van der Waals surface area contributed by atoms with E-state index < -0.39 is 11.9 Å². The van der Waals surface area contributed by atoms with Crippen LogP contribution >= 0.6 is 0 Å². The molecule has 0 atom stereocenters. The summed E-state index contributed by atoms with van der Waals surface area (Å²) in [6.45, 7) is 1.86. The lowest BCUT2D eigenvalue weighted by Gasteiger charge is -2.27. The molecule has 32 heavy (non-hydrogen) atoms. The molecule has 3 N–H and O–H groups in total. The van der Waals surface area contributed by atoms with Gasteiger partial charge in [-0.1, -0.05) is 25.0 Å². The maximum absolute atomic E-state index is 12.9. The van der Waals surface area contributed by atoms with E-state index in [1.54, 1.807) is 18.5 Å². The quantitative estimate of drug-likeness (QED) is 0.506. The lowest BCUT2D eigenvalue weighted by atomic mass is 9.99. The molecule has 1 fully saturated rings. The number of aliphatic hydroxyl groups is 1. The van der Waals surface area contributed by atoms with E-state index in [-0.39, 0.29) is 18.1 Å². The summed E-state index contributed by atoms with van der Waals surface area (Å²) < 4.78 is 38.8. The number of aromatic nitrogens is 4. The van der Waals surface area contributed by atoms with Crippen molar-refractivity contribution in [1.29, 1.82) is 0 Å². The number of anilines is 3. The number of halogens is 3. The number of nitrogens with zero attached hydrogens (tertiary/aromatic N) is 4. The molecule has 1 saturated carbocycles. The third-order valence-corrected chi connectivity index (χ3v) is 5.66. The SMILES string of the molecule is Cc1ccc(-c2cnc(NC3(CO)CCCC3)nc2)cc1Nc1nccc(C(F)(F)F)n1. The highest BCUT2D eigenvalue weighted by Gasteiger charge is 2.34. The van der Waals surface area contributed by atoms with Crippen molar-refractivity contribution in [3.63, 3.8) is 0 Å². The normalized spacial score (nSPS) is 15.5. The minimum absolute atomic E-state index is 0.0305. The van der Waals surface area contributed by atoms with Crippen LogP contribution < -0.4 is 10.6 Å². The molecule has 10 heteroatoms. The standard InChI is InChI=1S/C22H23F3N6O/c1-14-4-5-15(10-17(14)29-20-26-9-6-18(30-20)22(23,24)25)16-11-27-19(28-12-16)31-21(13-32)7-2-3-8-21/h4-6,9-12,32H,2-3,7-8,13H2,1H3,(H,26,29,30)(H,27,28,31). The number of aliphatic hydroxyl groups excluding tert-OH is 1. The van der Waals surface area contributed by atoms with Gasteiger partial charge < -0.3 is 15.7 Å². The smallest absolute Gasteiger partial charge is 0.394 e. The molecule has 2 aromatic heterocycles. The van der Waals surface area contributed by atoms with Crippen molar-refractivity contribution in [1.82, 2.24) is 19.9 Å². The van der Waals surface area contributed by atoms with Crippen LogP contribution in [-0.4, -0.2) is 37.2 Å². The molecule has 3 aromatic rings. The molecule has 1 aromatic carbocycles. The minimum atomic E-state index is -4.55. The van der Waals surface area contributed by atoms with Gasteiger partial charge in [-0.25, -0.2) is 19.9 Å². The summed E-state index contributed by atoms with van der Waals surface area (Å²) >= 11 is 0. The summed E-state index contributed by atoms with van der Waals surface area (Å²) in [5.74, 6) is 0.314. The number of alkyl halides is 3. The van der Waals surface area contributed by atoms with E-state index in [4.69, 9.17) is 0 Å².